The molecule has 0 atom stereocenters. The Morgan fingerprint density at radius 3 is 2.67 bits per heavy atom. The fourth-order valence-electron chi connectivity index (χ4n) is 0.876. The second kappa shape index (κ2) is 3.74. The zero-order valence-electron chi connectivity index (χ0n) is 6.60. The molecule has 0 aliphatic heterocycles. The maximum Gasteiger partial charge on any atom is 0.104 e. The standard InChI is InChI=1S/C8H9ClN2S/c1-11-7-3-5(8(10)12)2-6(9)4-7/h2-4,11H,1H3,(H2,10,12). The van der Waals surface area contributed by atoms with E-state index in [0.29, 0.717) is 10.0 Å². The highest BCUT2D eigenvalue weighted by Crippen LogP contribution is 2.18. The molecule has 1 rings (SSSR count). The maximum absolute atomic E-state index is 5.82. The van der Waals surface area contributed by atoms with Gasteiger partial charge >= 0.3 is 0 Å². The van der Waals surface area contributed by atoms with Crippen molar-refractivity contribution in [2.24, 2.45) is 5.73 Å². The minimum Gasteiger partial charge on any atom is -0.389 e. The van der Waals surface area contributed by atoms with Gasteiger partial charge in [0, 0.05) is 23.3 Å². The summed E-state index contributed by atoms with van der Waals surface area (Å²) in [5.74, 6) is 0. The number of hydrogen-bond acceptors (Lipinski definition) is 2. The van der Waals surface area contributed by atoms with Gasteiger partial charge in [0.1, 0.15) is 4.99 Å². The summed E-state index contributed by atoms with van der Waals surface area (Å²) in [5, 5.41) is 3.59. The van der Waals surface area contributed by atoms with Gasteiger partial charge < -0.3 is 11.1 Å². The first-order valence-electron chi connectivity index (χ1n) is 3.41. The van der Waals surface area contributed by atoms with Gasteiger partial charge in [-0.05, 0) is 18.2 Å². The molecule has 1 aromatic rings. The molecule has 0 bridgehead atoms. The summed E-state index contributed by atoms with van der Waals surface area (Å²) in [5.41, 5.74) is 7.14. The van der Waals surface area contributed by atoms with Crippen LogP contribution in [0.4, 0.5) is 5.69 Å². The lowest BCUT2D eigenvalue weighted by Gasteiger charge is -2.04. The Hall–Kier alpha value is -0.800. The predicted octanol–water partition coefficient (Wildman–Crippen LogP) is 2.02. The molecule has 0 fully saturated rings. The van der Waals surface area contributed by atoms with Gasteiger partial charge in [-0.15, -0.1) is 0 Å². The van der Waals surface area contributed by atoms with E-state index in [4.69, 9.17) is 29.6 Å². The molecule has 1 aromatic carbocycles. The van der Waals surface area contributed by atoms with Crippen molar-refractivity contribution in [3.8, 4) is 0 Å². The second-order valence-corrected chi connectivity index (χ2v) is 3.22. The van der Waals surface area contributed by atoms with E-state index in [2.05, 4.69) is 5.32 Å². The normalized spacial score (nSPS) is 9.50. The van der Waals surface area contributed by atoms with Gasteiger partial charge in [-0.1, -0.05) is 23.8 Å². The van der Waals surface area contributed by atoms with E-state index in [1.54, 1.807) is 6.07 Å². The minimum atomic E-state index is 0.356. The molecular formula is C8H9ClN2S. The SMILES string of the molecule is CNc1cc(Cl)cc(C(N)=S)c1. The number of rotatable bonds is 2. The van der Waals surface area contributed by atoms with Crippen molar-refractivity contribution in [3.05, 3.63) is 28.8 Å². The molecule has 0 heterocycles. The molecule has 12 heavy (non-hydrogen) atoms. The maximum atomic E-state index is 5.82. The Morgan fingerprint density at radius 1 is 1.50 bits per heavy atom. The lowest BCUT2D eigenvalue weighted by atomic mass is 10.2. The van der Waals surface area contributed by atoms with E-state index < -0.39 is 0 Å². The fourth-order valence-corrected chi connectivity index (χ4v) is 1.23. The quantitative estimate of drug-likeness (QED) is 0.718. The van der Waals surface area contributed by atoms with Crippen molar-refractivity contribution < 1.29 is 0 Å². The smallest absolute Gasteiger partial charge is 0.104 e. The van der Waals surface area contributed by atoms with E-state index in [1.165, 1.54) is 0 Å². The van der Waals surface area contributed by atoms with Crippen LogP contribution in [0.1, 0.15) is 5.56 Å². The lowest BCUT2D eigenvalue weighted by molar-refractivity contribution is 1.50. The average molecular weight is 201 g/mol. The molecule has 0 aromatic heterocycles. The Bertz CT molecular complexity index is 312. The molecule has 0 radical (unpaired) electrons. The molecule has 0 spiro atoms. The summed E-state index contributed by atoms with van der Waals surface area (Å²) in [7, 11) is 1.81. The van der Waals surface area contributed by atoms with E-state index in [9.17, 15) is 0 Å². The Kier molecular flexibility index (Phi) is 2.89. The Balaban J connectivity index is 3.15. The highest BCUT2D eigenvalue weighted by atomic mass is 35.5. The third-order valence-corrected chi connectivity index (χ3v) is 1.92. The van der Waals surface area contributed by atoms with E-state index >= 15 is 0 Å². The minimum absolute atomic E-state index is 0.356. The third-order valence-electron chi connectivity index (χ3n) is 1.47. The first-order valence-corrected chi connectivity index (χ1v) is 4.20. The molecule has 0 saturated heterocycles. The van der Waals surface area contributed by atoms with Crippen molar-refractivity contribution in [1.82, 2.24) is 0 Å². The summed E-state index contributed by atoms with van der Waals surface area (Å²) >= 11 is 10.6. The number of nitrogens with two attached hydrogens (primary N) is 1. The Labute approximate surface area is 81.7 Å². The number of anilines is 1. The van der Waals surface area contributed by atoms with Crippen LogP contribution >= 0.6 is 23.8 Å². The largest absolute Gasteiger partial charge is 0.389 e. The number of nitrogens with one attached hydrogen (secondary N) is 1. The van der Waals surface area contributed by atoms with Crippen LogP contribution in [0.25, 0.3) is 0 Å². The molecule has 64 valence electrons. The number of halogens is 1. The van der Waals surface area contributed by atoms with Crippen LogP contribution in [0.3, 0.4) is 0 Å². The van der Waals surface area contributed by atoms with Gasteiger partial charge in [0.2, 0.25) is 0 Å². The van der Waals surface area contributed by atoms with E-state index in [0.717, 1.165) is 11.3 Å². The van der Waals surface area contributed by atoms with Crippen LogP contribution < -0.4 is 11.1 Å². The summed E-state index contributed by atoms with van der Waals surface area (Å²) in [4.78, 5) is 0.356. The first-order chi connectivity index (χ1) is 5.63. The molecule has 0 aliphatic carbocycles. The van der Waals surface area contributed by atoms with Crippen LogP contribution in [0, 0.1) is 0 Å². The predicted molar refractivity (Wildman–Crippen MR) is 56.9 cm³/mol. The topological polar surface area (TPSA) is 38.0 Å². The summed E-state index contributed by atoms with van der Waals surface area (Å²) in [6, 6.07) is 5.41. The summed E-state index contributed by atoms with van der Waals surface area (Å²) in [6.45, 7) is 0. The molecule has 2 nitrogen and oxygen atoms in total. The van der Waals surface area contributed by atoms with Gasteiger partial charge in [0.15, 0.2) is 0 Å². The highest BCUT2D eigenvalue weighted by molar-refractivity contribution is 7.80. The van der Waals surface area contributed by atoms with E-state index in [-0.39, 0.29) is 0 Å². The van der Waals surface area contributed by atoms with Crippen molar-refractivity contribution in [1.29, 1.82) is 0 Å². The van der Waals surface area contributed by atoms with Crippen LogP contribution in [0.2, 0.25) is 5.02 Å². The molecule has 4 heteroatoms. The molecule has 3 N–H and O–H groups in total. The van der Waals surface area contributed by atoms with Crippen molar-refractivity contribution in [3.63, 3.8) is 0 Å². The number of benzene rings is 1. The first kappa shape index (κ1) is 9.29. The van der Waals surface area contributed by atoms with Crippen molar-refractivity contribution >= 4 is 34.5 Å². The molecule has 0 aliphatic rings. The highest BCUT2D eigenvalue weighted by Gasteiger charge is 1.99. The van der Waals surface area contributed by atoms with Crippen LogP contribution in [-0.4, -0.2) is 12.0 Å². The van der Waals surface area contributed by atoms with Gasteiger partial charge in [-0.3, -0.25) is 0 Å². The molecule has 0 amide bonds. The van der Waals surface area contributed by atoms with Crippen molar-refractivity contribution in [2.45, 2.75) is 0 Å². The zero-order chi connectivity index (χ0) is 9.14. The van der Waals surface area contributed by atoms with Gasteiger partial charge in [-0.2, -0.15) is 0 Å². The monoisotopic (exact) mass is 200 g/mol. The third kappa shape index (κ3) is 2.09. The van der Waals surface area contributed by atoms with Crippen LogP contribution in [-0.2, 0) is 0 Å². The summed E-state index contributed by atoms with van der Waals surface area (Å²) in [6.07, 6.45) is 0. The van der Waals surface area contributed by atoms with Gasteiger partial charge in [0.25, 0.3) is 0 Å². The second-order valence-electron chi connectivity index (χ2n) is 2.34. The van der Waals surface area contributed by atoms with Crippen LogP contribution in [0.15, 0.2) is 18.2 Å². The van der Waals surface area contributed by atoms with Crippen molar-refractivity contribution in [2.75, 3.05) is 12.4 Å². The lowest BCUT2D eigenvalue weighted by Crippen LogP contribution is -2.09. The average Bonchev–Trinajstić information content (AvgIpc) is 2.03. The van der Waals surface area contributed by atoms with Gasteiger partial charge in [0.05, 0.1) is 0 Å². The summed E-state index contributed by atoms with van der Waals surface area (Å²) < 4.78 is 0. The van der Waals surface area contributed by atoms with Gasteiger partial charge in [-0.25, -0.2) is 0 Å². The molecular weight excluding hydrogens is 192 g/mol. The number of thiocarbonyl (C=S) groups is 1. The number of hydrogen-bond donors (Lipinski definition) is 2. The fraction of sp³-hybridized carbons (Fsp3) is 0.125. The molecule has 0 saturated carbocycles. The zero-order valence-corrected chi connectivity index (χ0v) is 8.17. The van der Waals surface area contributed by atoms with Crippen LogP contribution in [0.5, 0.6) is 0 Å². The molecule has 0 unspecified atom stereocenters. The Morgan fingerprint density at radius 2 is 2.17 bits per heavy atom. The van der Waals surface area contributed by atoms with E-state index in [1.807, 2.05) is 19.2 Å².